The molecule has 192 valence electrons. The molecule has 6 heteroatoms. The number of nitrogens with zero attached hydrogens (tertiary/aromatic N) is 1. The fourth-order valence-electron chi connectivity index (χ4n) is 6.04. The summed E-state index contributed by atoms with van der Waals surface area (Å²) < 4.78 is 0.959. The maximum absolute atomic E-state index is 13.5. The molecular formula is C34H20BrNO2S2. The molecule has 2 unspecified atom stereocenters. The van der Waals surface area contributed by atoms with Crippen LogP contribution in [-0.4, -0.2) is 11.6 Å². The molecule has 40 heavy (non-hydrogen) atoms. The third-order valence-corrected chi connectivity index (χ3v) is 10.8. The third kappa shape index (κ3) is 3.60. The summed E-state index contributed by atoms with van der Waals surface area (Å²) in [5, 5.41) is 0. The number of carbonyl (C=O) groups excluding carboxylic acids is 2. The number of hydrogen-bond donors (Lipinski definition) is 0. The van der Waals surface area contributed by atoms with Crippen molar-refractivity contribution in [3.8, 4) is 10.4 Å². The van der Waals surface area contributed by atoms with Crippen LogP contribution in [0.3, 0.4) is 0 Å². The van der Waals surface area contributed by atoms with Crippen molar-refractivity contribution >= 4 is 72.8 Å². The van der Waals surface area contributed by atoms with Gasteiger partial charge in [0.2, 0.25) is 0 Å². The van der Waals surface area contributed by atoms with E-state index in [-0.39, 0.29) is 23.4 Å². The van der Waals surface area contributed by atoms with E-state index in [1.54, 1.807) is 22.7 Å². The van der Waals surface area contributed by atoms with E-state index in [4.69, 9.17) is 0 Å². The zero-order valence-corrected chi connectivity index (χ0v) is 24.2. The molecule has 0 bridgehead atoms. The van der Waals surface area contributed by atoms with Gasteiger partial charge in [-0.2, -0.15) is 0 Å². The summed E-state index contributed by atoms with van der Waals surface area (Å²) in [6, 6.07) is 33.1. The zero-order chi connectivity index (χ0) is 27.0. The van der Waals surface area contributed by atoms with Crippen LogP contribution in [0.25, 0.3) is 16.0 Å². The summed E-state index contributed by atoms with van der Waals surface area (Å²) in [7, 11) is 0. The van der Waals surface area contributed by atoms with Gasteiger partial charge in [0, 0.05) is 59.9 Å². The number of allylic oxidation sites excluding steroid dienone is 4. The van der Waals surface area contributed by atoms with Gasteiger partial charge in [0.15, 0.2) is 11.6 Å². The van der Waals surface area contributed by atoms with Crippen molar-refractivity contribution in [2.75, 3.05) is 4.90 Å². The average Bonchev–Trinajstić information content (AvgIpc) is 3.72. The Kier molecular flexibility index (Phi) is 5.46. The van der Waals surface area contributed by atoms with Gasteiger partial charge in [-0.15, -0.1) is 22.7 Å². The van der Waals surface area contributed by atoms with Gasteiger partial charge >= 0.3 is 0 Å². The Morgan fingerprint density at radius 1 is 0.650 bits per heavy atom. The van der Waals surface area contributed by atoms with Gasteiger partial charge in [0.1, 0.15) is 0 Å². The van der Waals surface area contributed by atoms with Gasteiger partial charge < -0.3 is 4.90 Å². The van der Waals surface area contributed by atoms with Gasteiger partial charge in [-0.1, -0.05) is 60.7 Å². The molecule has 3 aliphatic rings. The van der Waals surface area contributed by atoms with Crippen molar-refractivity contribution in [1.29, 1.82) is 0 Å². The second kappa shape index (κ2) is 9.10. The maximum Gasteiger partial charge on any atom is 0.194 e. The lowest BCUT2D eigenvalue weighted by atomic mass is 9.84. The second-order valence-corrected chi connectivity index (χ2v) is 13.7. The molecule has 8 rings (SSSR count). The first-order valence-corrected chi connectivity index (χ1v) is 15.5. The summed E-state index contributed by atoms with van der Waals surface area (Å²) in [6.45, 7) is 0. The molecule has 0 amide bonds. The normalized spacial score (nSPS) is 18.5. The maximum atomic E-state index is 13.5. The zero-order valence-electron chi connectivity index (χ0n) is 21.0. The number of para-hydroxylation sites is 2. The number of ketones is 2. The molecular weight excluding hydrogens is 598 g/mol. The van der Waals surface area contributed by atoms with E-state index in [2.05, 4.69) is 69.4 Å². The lowest BCUT2D eigenvalue weighted by Gasteiger charge is -2.25. The lowest BCUT2D eigenvalue weighted by Crippen LogP contribution is -2.15. The minimum Gasteiger partial charge on any atom is -0.311 e. The number of benzene rings is 3. The predicted molar refractivity (Wildman–Crippen MR) is 167 cm³/mol. The topological polar surface area (TPSA) is 37.4 Å². The number of Topliss-reactive ketones (excluding diaryl/α,β-unsaturated/α-hetero) is 2. The molecule has 3 nitrogen and oxygen atoms in total. The Hall–Kier alpha value is -3.84. The molecule has 0 radical (unpaired) electrons. The van der Waals surface area contributed by atoms with E-state index in [1.165, 1.54) is 0 Å². The minimum absolute atomic E-state index is 0.0419. The number of carbonyl (C=O) groups is 2. The second-order valence-electron chi connectivity index (χ2n) is 10.1. The monoisotopic (exact) mass is 617 g/mol. The highest BCUT2D eigenvalue weighted by molar-refractivity contribution is 9.11. The lowest BCUT2D eigenvalue weighted by molar-refractivity contribution is 0.0952. The van der Waals surface area contributed by atoms with E-state index in [0.717, 1.165) is 63.3 Å². The van der Waals surface area contributed by atoms with E-state index in [1.807, 2.05) is 60.7 Å². The van der Waals surface area contributed by atoms with Crippen LogP contribution < -0.4 is 4.90 Å². The van der Waals surface area contributed by atoms with Crippen LogP contribution in [0.2, 0.25) is 0 Å². The standard InChI is InChI=1S/C34H20BrNO2S2/c35-30-18-28-32(38)24-15-25-23(16-26(24)34(28)40-30)31(37)27-17-29(39-33(25)27)19-11-13-22(14-12-19)36(20-7-3-1-4-8-20)21-9-5-2-6-10-21/h1-18,24,26H. The van der Waals surface area contributed by atoms with Gasteiger partial charge in [-0.25, -0.2) is 0 Å². The van der Waals surface area contributed by atoms with Crippen LogP contribution in [0.4, 0.5) is 17.1 Å². The Morgan fingerprint density at radius 3 is 1.95 bits per heavy atom. The molecule has 0 spiro atoms. The molecule has 5 aromatic rings. The molecule has 0 aliphatic heterocycles. The SMILES string of the molecule is O=C1C2=CC3c4sc(Br)cc4C(=O)C3C=C2c2sc(-c3ccc(N(c4ccccc4)c4ccccc4)cc3)cc21. The van der Waals surface area contributed by atoms with Crippen molar-refractivity contribution in [2.45, 2.75) is 5.92 Å². The molecule has 3 aliphatic carbocycles. The number of rotatable bonds is 4. The Balaban J connectivity index is 1.14. The number of anilines is 3. The summed E-state index contributed by atoms with van der Waals surface area (Å²) in [4.78, 5) is 32.0. The molecule has 0 fully saturated rings. The molecule has 2 atom stereocenters. The number of thiophene rings is 2. The van der Waals surface area contributed by atoms with Crippen molar-refractivity contribution < 1.29 is 9.59 Å². The molecule has 0 saturated heterocycles. The van der Waals surface area contributed by atoms with Crippen molar-refractivity contribution in [1.82, 2.24) is 0 Å². The Bertz CT molecular complexity index is 1860. The Labute approximate surface area is 247 Å². The largest absolute Gasteiger partial charge is 0.311 e. The number of hydrogen-bond acceptors (Lipinski definition) is 5. The first kappa shape index (κ1) is 24.0. The van der Waals surface area contributed by atoms with Gasteiger partial charge in [-0.3, -0.25) is 9.59 Å². The fourth-order valence-corrected chi connectivity index (χ4v) is 9.00. The van der Waals surface area contributed by atoms with E-state index in [0.29, 0.717) is 0 Å². The number of fused-ring (bicyclic) bond motifs is 6. The molecule has 0 saturated carbocycles. The van der Waals surface area contributed by atoms with E-state index >= 15 is 0 Å². The molecule has 0 N–H and O–H groups in total. The van der Waals surface area contributed by atoms with Crippen LogP contribution in [0.15, 0.2) is 119 Å². The van der Waals surface area contributed by atoms with Crippen molar-refractivity contribution in [2.24, 2.45) is 5.92 Å². The van der Waals surface area contributed by atoms with E-state index < -0.39 is 0 Å². The molecule has 3 aromatic carbocycles. The Morgan fingerprint density at radius 2 is 1.27 bits per heavy atom. The van der Waals surface area contributed by atoms with Crippen LogP contribution in [0.1, 0.15) is 36.4 Å². The molecule has 2 aromatic heterocycles. The highest BCUT2D eigenvalue weighted by Gasteiger charge is 2.45. The van der Waals surface area contributed by atoms with Crippen LogP contribution >= 0.6 is 38.6 Å². The highest BCUT2D eigenvalue weighted by atomic mass is 79.9. The summed E-state index contributed by atoms with van der Waals surface area (Å²) in [5.74, 6) is -0.0487. The highest BCUT2D eigenvalue weighted by Crippen LogP contribution is 2.54. The van der Waals surface area contributed by atoms with Gasteiger partial charge in [0.25, 0.3) is 0 Å². The smallest absolute Gasteiger partial charge is 0.194 e. The van der Waals surface area contributed by atoms with Crippen molar-refractivity contribution in [3.05, 3.63) is 139 Å². The van der Waals surface area contributed by atoms with Gasteiger partial charge in [-0.05, 0) is 70.0 Å². The van der Waals surface area contributed by atoms with E-state index in [9.17, 15) is 9.59 Å². The summed E-state index contributed by atoms with van der Waals surface area (Å²) >= 11 is 6.75. The fraction of sp³-hybridized carbons (Fsp3) is 0.0588. The minimum atomic E-state index is -0.223. The third-order valence-electron chi connectivity index (χ3n) is 7.88. The molecule has 2 heterocycles. The average molecular weight is 619 g/mol. The first-order chi connectivity index (χ1) is 19.6. The van der Waals surface area contributed by atoms with Crippen LogP contribution in [-0.2, 0) is 0 Å². The van der Waals surface area contributed by atoms with Crippen molar-refractivity contribution in [3.63, 3.8) is 0 Å². The first-order valence-electron chi connectivity index (χ1n) is 13.0. The number of halogens is 1. The van der Waals surface area contributed by atoms with Crippen LogP contribution in [0, 0.1) is 5.92 Å². The van der Waals surface area contributed by atoms with Gasteiger partial charge in [0.05, 0.1) is 9.70 Å². The predicted octanol–water partition coefficient (Wildman–Crippen LogP) is 9.82. The quantitative estimate of drug-likeness (QED) is 0.201. The summed E-state index contributed by atoms with van der Waals surface area (Å²) in [5.41, 5.74) is 7.52. The summed E-state index contributed by atoms with van der Waals surface area (Å²) in [6.07, 6.45) is 4.09. The van der Waals surface area contributed by atoms with Crippen LogP contribution in [0.5, 0.6) is 0 Å².